The minimum atomic E-state index is -0.860. The van der Waals surface area contributed by atoms with Crippen LogP contribution in [0.25, 0.3) is 0 Å². The first kappa shape index (κ1) is 14.9. The van der Waals surface area contributed by atoms with Gasteiger partial charge in [0.2, 0.25) is 0 Å². The molecule has 1 unspecified atom stereocenters. The molecule has 4 heteroatoms. The molecular formula is C16H20FNO2. The van der Waals surface area contributed by atoms with Crippen molar-refractivity contribution in [1.29, 1.82) is 0 Å². The first-order chi connectivity index (χ1) is 9.41. The number of piperidine rings is 1. The summed E-state index contributed by atoms with van der Waals surface area (Å²) in [5.74, 6) is -0.251. The molecule has 1 fully saturated rings. The highest BCUT2D eigenvalue weighted by atomic mass is 19.1. The van der Waals surface area contributed by atoms with E-state index in [1.807, 2.05) is 0 Å². The summed E-state index contributed by atoms with van der Waals surface area (Å²) < 4.78 is 12.8. The number of rotatable bonds is 4. The molecule has 0 spiro atoms. The zero-order valence-electron chi connectivity index (χ0n) is 12.0. The summed E-state index contributed by atoms with van der Waals surface area (Å²) in [6.07, 6.45) is 1.22. The van der Waals surface area contributed by atoms with E-state index in [9.17, 15) is 14.0 Å². The molecule has 1 aliphatic heterocycles. The Hall–Kier alpha value is -1.55. The van der Waals surface area contributed by atoms with Gasteiger partial charge in [0.15, 0.2) is 0 Å². The van der Waals surface area contributed by atoms with E-state index >= 15 is 0 Å². The number of Topliss-reactive ketones (excluding diaryl/α,β-unsaturated/α-hetero) is 2. The maximum atomic E-state index is 12.8. The Morgan fingerprint density at radius 1 is 1.35 bits per heavy atom. The molecule has 20 heavy (non-hydrogen) atoms. The maximum absolute atomic E-state index is 12.8. The van der Waals surface area contributed by atoms with Crippen molar-refractivity contribution in [1.82, 2.24) is 4.90 Å². The highest BCUT2D eigenvalue weighted by molar-refractivity contribution is 6.06. The summed E-state index contributed by atoms with van der Waals surface area (Å²) in [6.45, 7) is 5.19. The van der Waals surface area contributed by atoms with Crippen molar-refractivity contribution >= 4 is 11.6 Å². The van der Waals surface area contributed by atoms with Gasteiger partial charge < -0.3 is 4.90 Å². The highest BCUT2D eigenvalue weighted by Crippen LogP contribution is 2.27. The van der Waals surface area contributed by atoms with Gasteiger partial charge in [-0.3, -0.25) is 9.59 Å². The third-order valence-electron chi connectivity index (χ3n) is 4.22. The lowest BCUT2D eigenvalue weighted by Gasteiger charge is -2.37. The molecule has 1 saturated heterocycles. The standard InChI is InChI=1S/C16H20FNO2/c1-12(19)16(2)11-18(10-8-15(16)20)9-7-13-3-5-14(17)6-4-13/h3-6H,7-11H2,1-2H3. The van der Waals surface area contributed by atoms with Crippen molar-refractivity contribution in [3.8, 4) is 0 Å². The predicted molar refractivity (Wildman–Crippen MR) is 75.0 cm³/mol. The van der Waals surface area contributed by atoms with Gasteiger partial charge in [-0.25, -0.2) is 4.39 Å². The smallest absolute Gasteiger partial charge is 0.148 e. The molecule has 3 nitrogen and oxygen atoms in total. The summed E-state index contributed by atoms with van der Waals surface area (Å²) in [5, 5.41) is 0. The van der Waals surface area contributed by atoms with Crippen LogP contribution in [0, 0.1) is 11.2 Å². The number of hydrogen-bond donors (Lipinski definition) is 0. The monoisotopic (exact) mass is 277 g/mol. The van der Waals surface area contributed by atoms with Crippen LogP contribution in [0.5, 0.6) is 0 Å². The number of likely N-dealkylation sites (tertiary alicyclic amines) is 1. The van der Waals surface area contributed by atoms with Crippen LogP contribution in [-0.4, -0.2) is 36.1 Å². The lowest BCUT2D eigenvalue weighted by molar-refractivity contribution is -0.142. The molecule has 0 aliphatic carbocycles. The molecule has 1 atom stereocenters. The van der Waals surface area contributed by atoms with E-state index in [-0.39, 0.29) is 17.4 Å². The van der Waals surface area contributed by atoms with Gasteiger partial charge in [0.25, 0.3) is 0 Å². The fourth-order valence-electron chi connectivity index (χ4n) is 2.59. The van der Waals surface area contributed by atoms with E-state index in [2.05, 4.69) is 4.90 Å². The van der Waals surface area contributed by atoms with Crippen LogP contribution in [0.2, 0.25) is 0 Å². The molecule has 0 radical (unpaired) electrons. The fourth-order valence-corrected chi connectivity index (χ4v) is 2.59. The van der Waals surface area contributed by atoms with Crippen LogP contribution >= 0.6 is 0 Å². The van der Waals surface area contributed by atoms with E-state index in [1.165, 1.54) is 19.1 Å². The summed E-state index contributed by atoms with van der Waals surface area (Å²) in [6, 6.07) is 6.45. The van der Waals surface area contributed by atoms with Crippen LogP contribution in [0.15, 0.2) is 24.3 Å². The molecule has 0 bridgehead atoms. The number of ketones is 2. The zero-order valence-corrected chi connectivity index (χ0v) is 12.0. The second-order valence-corrected chi connectivity index (χ2v) is 5.71. The molecule has 1 aliphatic rings. The lowest BCUT2D eigenvalue weighted by Crippen LogP contribution is -2.51. The Bertz CT molecular complexity index is 512. The first-order valence-corrected chi connectivity index (χ1v) is 6.93. The third-order valence-corrected chi connectivity index (χ3v) is 4.22. The van der Waals surface area contributed by atoms with E-state index in [1.54, 1.807) is 19.1 Å². The second kappa shape index (κ2) is 5.83. The van der Waals surface area contributed by atoms with Gasteiger partial charge in [-0.05, 0) is 38.0 Å². The van der Waals surface area contributed by atoms with Gasteiger partial charge in [0.1, 0.15) is 17.4 Å². The van der Waals surface area contributed by atoms with Crippen molar-refractivity contribution in [3.63, 3.8) is 0 Å². The number of carbonyl (C=O) groups is 2. The average molecular weight is 277 g/mol. The molecule has 0 aromatic heterocycles. The number of halogens is 1. The average Bonchev–Trinajstić information content (AvgIpc) is 2.42. The van der Waals surface area contributed by atoms with Gasteiger partial charge in [0, 0.05) is 26.1 Å². The molecule has 2 rings (SSSR count). The van der Waals surface area contributed by atoms with Gasteiger partial charge in [-0.2, -0.15) is 0 Å². The van der Waals surface area contributed by atoms with Crippen LogP contribution in [0.1, 0.15) is 25.8 Å². The van der Waals surface area contributed by atoms with Crippen molar-refractivity contribution in [3.05, 3.63) is 35.6 Å². The molecule has 0 N–H and O–H groups in total. The van der Waals surface area contributed by atoms with Gasteiger partial charge in [-0.15, -0.1) is 0 Å². The lowest BCUT2D eigenvalue weighted by atomic mass is 9.77. The molecule has 1 aromatic rings. The van der Waals surface area contributed by atoms with Crippen LogP contribution in [0.4, 0.5) is 4.39 Å². The minimum absolute atomic E-state index is 0.0445. The van der Waals surface area contributed by atoms with Crippen molar-refractivity contribution in [2.24, 2.45) is 5.41 Å². The van der Waals surface area contributed by atoms with Crippen molar-refractivity contribution in [2.45, 2.75) is 26.7 Å². The van der Waals surface area contributed by atoms with E-state index in [0.717, 1.165) is 18.5 Å². The number of carbonyl (C=O) groups excluding carboxylic acids is 2. The zero-order chi connectivity index (χ0) is 14.8. The second-order valence-electron chi connectivity index (χ2n) is 5.71. The molecule has 1 aromatic carbocycles. The Balaban J connectivity index is 1.95. The number of hydrogen-bond acceptors (Lipinski definition) is 3. The van der Waals surface area contributed by atoms with Gasteiger partial charge in [0.05, 0.1) is 5.41 Å². The minimum Gasteiger partial charge on any atom is -0.301 e. The van der Waals surface area contributed by atoms with E-state index in [4.69, 9.17) is 0 Å². The Labute approximate surface area is 118 Å². The van der Waals surface area contributed by atoms with Crippen LogP contribution < -0.4 is 0 Å². The Kier molecular flexibility index (Phi) is 4.33. The normalized spacial score (nSPS) is 23.9. The molecule has 0 saturated carbocycles. The SMILES string of the molecule is CC(=O)C1(C)CN(CCc2ccc(F)cc2)CCC1=O. The molecule has 1 heterocycles. The van der Waals surface area contributed by atoms with Crippen molar-refractivity contribution < 1.29 is 14.0 Å². The fraction of sp³-hybridized carbons (Fsp3) is 0.500. The van der Waals surface area contributed by atoms with Crippen LogP contribution in [0.3, 0.4) is 0 Å². The number of benzene rings is 1. The maximum Gasteiger partial charge on any atom is 0.148 e. The summed E-state index contributed by atoms with van der Waals surface area (Å²) in [4.78, 5) is 25.8. The van der Waals surface area contributed by atoms with Gasteiger partial charge in [-0.1, -0.05) is 12.1 Å². The third kappa shape index (κ3) is 3.12. The summed E-state index contributed by atoms with van der Waals surface area (Å²) in [7, 11) is 0. The number of nitrogens with zero attached hydrogens (tertiary/aromatic N) is 1. The van der Waals surface area contributed by atoms with E-state index in [0.29, 0.717) is 19.5 Å². The Morgan fingerprint density at radius 2 is 2.00 bits per heavy atom. The van der Waals surface area contributed by atoms with Crippen LogP contribution in [-0.2, 0) is 16.0 Å². The molecule has 108 valence electrons. The molecular weight excluding hydrogens is 257 g/mol. The summed E-state index contributed by atoms with van der Waals surface area (Å²) in [5.41, 5.74) is 0.203. The summed E-state index contributed by atoms with van der Waals surface area (Å²) >= 11 is 0. The largest absolute Gasteiger partial charge is 0.301 e. The molecule has 0 amide bonds. The van der Waals surface area contributed by atoms with E-state index < -0.39 is 5.41 Å². The predicted octanol–water partition coefficient (Wildman–Crippen LogP) is 2.24. The Morgan fingerprint density at radius 3 is 2.60 bits per heavy atom. The van der Waals surface area contributed by atoms with Gasteiger partial charge >= 0.3 is 0 Å². The van der Waals surface area contributed by atoms with Crippen molar-refractivity contribution in [2.75, 3.05) is 19.6 Å². The first-order valence-electron chi connectivity index (χ1n) is 6.93. The quantitative estimate of drug-likeness (QED) is 0.792. The topological polar surface area (TPSA) is 37.4 Å². The highest BCUT2D eigenvalue weighted by Gasteiger charge is 2.42.